The second-order valence-electron chi connectivity index (χ2n) is 8.31. The molecule has 1 aromatic heterocycles. The molecule has 0 spiro atoms. The summed E-state index contributed by atoms with van der Waals surface area (Å²) >= 11 is 4.18. The number of hydrogen-bond donors (Lipinski definition) is 2. The molecule has 1 saturated heterocycles. The van der Waals surface area contributed by atoms with E-state index >= 15 is 0 Å². The van der Waals surface area contributed by atoms with Gasteiger partial charge in [-0.25, -0.2) is 9.78 Å². The molecule has 204 valence electrons. The molecule has 1 fully saturated rings. The number of aromatic hydroxyl groups is 1. The second-order valence-corrected chi connectivity index (χ2v) is 10.1. The van der Waals surface area contributed by atoms with E-state index in [1.165, 1.54) is 19.2 Å². The molecular formula is C27H25BrN2O8S. The van der Waals surface area contributed by atoms with Gasteiger partial charge in [0.2, 0.25) is 0 Å². The second kappa shape index (κ2) is 11.5. The third-order valence-corrected chi connectivity index (χ3v) is 7.64. The molecule has 3 aromatic rings. The number of carbonyl (C=O) groups is 3. The number of anilines is 1. The fraction of sp³-hybridized carbons (Fsp3) is 0.259. The summed E-state index contributed by atoms with van der Waals surface area (Å²) in [6.07, 6.45) is 0. The summed E-state index contributed by atoms with van der Waals surface area (Å²) in [5, 5.41) is 21.9. The van der Waals surface area contributed by atoms with Crippen LogP contribution in [-0.4, -0.2) is 53.2 Å². The Morgan fingerprint density at radius 1 is 1.18 bits per heavy atom. The largest absolute Gasteiger partial charge is 0.507 e. The van der Waals surface area contributed by atoms with Crippen LogP contribution in [0.5, 0.6) is 17.2 Å². The number of aryl methyl sites for hydroxylation is 1. The number of phenols is 1. The minimum Gasteiger partial charge on any atom is -0.507 e. The fourth-order valence-electron chi connectivity index (χ4n) is 4.18. The number of nitrogens with zero attached hydrogens (tertiary/aromatic N) is 2. The van der Waals surface area contributed by atoms with Gasteiger partial charge in [-0.3, -0.25) is 14.5 Å². The molecule has 1 aliphatic heterocycles. The molecule has 1 unspecified atom stereocenters. The van der Waals surface area contributed by atoms with Crippen LogP contribution in [0.2, 0.25) is 0 Å². The number of phenolic OH excluding ortho intramolecular Hbond substituents is 1. The molecule has 39 heavy (non-hydrogen) atoms. The van der Waals surface area contributed by atoms with Crippen molar-refractivity contribution in [1.82, 2.24) is 4.98 Å². The van der Waals surface area contributed by atoms with Crippen LogP contribution in [-0.2, 0) is 14.3 Å². The molecular weight excluding hydrogens is 592 g/mol. The summed E-state index contributed by atoms with van der Waals surface area (Å²) in [6, 6.07) is 8.30. The van der Waals surface area contributed by atoms with Crippen LogP contribution in [0.15, 0.2) is 46.4 Å². The highest BCUT2D eigenvalue weighted by molar-refractivity contribution is 9.10. The number of halogens is 1. The number of benzene rings is 2. The number of esters is 1. The maximum atomic E-state index is 13.5. The Morgan fingerprint density at radius 3 is 2.59 bits per heavy atom. The first-order valence-electron chi connectivity index (χ1n) is 11.9. The molecule has 0 aliphatic carbocycles. The van der Waals surface area contributed by atoms with Crippen molar-refractivity contribution in [3.63, 3.8) is 0 Å². The number of Topliss-reactive ketones (excluding diaryl/α,β-unsaturated/α-hetero) is 1. The van der Waals surface area contributed by atoms with E-state index in [9.17, 15) is 24.6 Å². The van der Waals surface area contributed by atoms with Gasteiger partial charge in [-0.05, 0) is 66.5 Å². The molecule has 1 aliphatic rings. The van der Waals surface area contributed by atoms with E-state index in [-0.39, 0.29) is 43.7 Å². The van der Waals surface area contributed by atoms with Crippen LogP contribution in [0.1, 0.15) is 46.4 Å². The molecule has 2 aromatic carbocycles. The maximum absolute atomic E-state index is 13.5. The molecule has 0 saturated carbocycles. The highest BCUT2D eigenvalue weighted by atomic mass is 79.9. The number of aromatic nitrogens is 1. The molecule has 12 heteroatoms. The van der Waals surface area contributed by atoms with Gasteiger partial charge in [-0.1, -0.05) is 23.5 Å². The van der Waals surface area contributed by atoms with Crippen LogP contribution >= 0.6 is 27.3 Å². The number of hydrogen-bond acceptors (Lipinski definition) is 10. The average Bonchev–Trinajstić information content (AvgIpc) is 3.42. The van der Waals surface area contributed by atoms with Crippen LogP contribution in [0.4, 0.5) is 5.13 Å². The first-order chi connectivity index (χ1) is 18.6. The molecule has 0 bridgehead atoms. The first-order valence-corrected chi connectivity index (χ1v) is 13.5. The van der Waals surface area contributed by atoms with E-state index in [0.717, 1.165) is 16.2 Å². The highest BCUT2D eigenvalue weighted by Gasteiger charge is 2.49. The molecule has 0 radical (unpaired) electrons. The number of methoxy groups -OCH3 is 1. The predicted octanol–water partition coefficient (Wildman–Crippen LogP) is 5.13. The van der Waals surface area contributed by atoms with Crippen molar-refractivity contribution in [3.05, 3.63) is 68.1 Å². The van der Waals surface area contributed by atoms with Crippen molar-refractivity contribution in [2.45, 2.75) is 26.8 Å². The molecule has 1 amide bonds. The van der Waals surface area contributed by atoms with Gasteiger partial charge < -0.3 is 24.4 Å². The van der Waals surface area contributed by atoms with Gasteiger partial charge in [0.1, 0.15) is 16.4 Å². The summed E-state index contributed by atoms with van der Waals surface area (Å²) in [6.45, 7) is 5.62. The Balaban J connectivity index is 1.97. The third-order valence-electron chi connectivity index (χ3n) is 5.90. The molecule has 1 atom stereocenters. The fourth-order valence-corrected chi connectivity index (χ4v) is 5.63. The summed E-state index contributed by atoms with van der Waals surface area (Å²) in [5.41, 5.74) is 0.710. The summed E-state index contributed by atoms with van der Waals surface area (Å²) < 4.78 is 16.2. The lowest BCUT2D eigenvalue weighted by molar-refractivity contribution is -0.132. The van der Waals surface area contributed by atoms with Gasteiger partial charge in [0.25, 0.3) is 5.78 Å². The van der Waals surface area contributed by atoms with Crippen LogP contribution in [0, 0.1) is 6.92 Å². The molecule has 2 heterocycles. The number of rotatable bonds is 8. The summed E-state index contributed by atoms with van der Waals surface area (Å²) in [4.78, 5) is 45.1. The number of aliphatic hydroxyl groups is 1. The van der Waals surface area contributed by atoms with Crippen molar-refractivity contribution >= 4 is 55.8 Å². The van der Waals surface area contributed by atoms with E-state index in [4.69, 9.17) is 14.2 Å². The zero-order valence-electron chi connectivity index (χ0n) is 21.5. The Morgan fingerprint density at radius 2 is 1.92 bits per heavy atom. The lowest BCUT2D eigenvalue weighted by atomic mass is 9.95. The minimum absolute atomic E-state index is 0.0629. The third kappa shape index (κ3) is 5.21. The van der Waals surface area contributed by atoms with Gasteiger partial charge in [0.05, 0.1) is 42.1 Å². The van der Waals surface area contributed by atoms with Gasteiger partial charge in [-0.2, -0.15) is 0 Å². The zero-order chi connectivity index (χ0) is 28.4. The lowest BCUT2D eigenvalue weighted by Gasteiger charge is -2.24. The smallest absolute Gasteiger partial charge is 0.350 e. The van der Waals surface area contributed by atoms with Crippen LogP contribution < -0.4 is 14.4 Å². The van der Waals surface area contributed by atoms with E-state index in [1.54, 1.807) is 38.1 Å². The highest BCUT2D eigenvalue weighted by Crippen LogP contribution is 2.47. The lowest BCUT2D eigenvalue weighted by Crippen LogP contribution is -2.29. The quantitative estimate of drug-likeness (QED) is 0.153. The SMILES string of the molecule is CCOC(=O)c1sc(N2C(=O)C(=O)C(=C(O)c3cccc(OCC)c3)C2c2cc(Br)c(O)c(OC)c2)nc1C. The number of thiazole rings is 1. The summed E-state index contributed by atoms with van der Waals surface area (Å²) in [7, 11) is 1.36. The van der Waals surface area contributed by atoms with E-state index in [0.29, 0.717) is 23.6 Å². The molecule has 4 rings (SSSR count). The van der Waals surface area contributed by atoms with Crippen molar-refractivity contribution in [1.29, 1.82) is 0 Å². The topological polar surface area (TPSA) is 135 Å². The van der Waals surface area contributed by atoms with Crippen molar-refractivity contribution in [2.24, 2.45) is 0 Å². The van der Waals surface area contributed by atoms with E-state index in [2.05, 4.69) is 20.9 Å². The monoisotopic (exact) mass is 616 g/mol. The number of aliphatic hydroxyl groups excluding tert-OH is 1. The van der Waals surface area contributed by atoms with E-state index in [1.807, 2.05) is 6.92 Å². The number of ether oxygens (including phenoxy) is 3. The summed E-state index contributed by atoms with van der Waals surface area (Å²) in [5.74, 6) is -2.57. The normalized spacial score (nSPS) is 16.4. The Hall–Kier alpha value is -3.90. The molecule has 2 N–H and O–H groups in total. The zero-order valence-corrected chi connectivity index (χ0v) is 23.9. The number of ketones is 1. The van der Waals surface area contributed by atoms with Gasteiger partial charge in [-0.15, -0.1) is 0 Å². The van der Waals surface area contributed by atoms with Crippen molar-refractivity contribution < 1.29 is 38.8 Å². The molecule has 10 nitrogen and oxygen atoms in total. The van der Waals surface area contributed by atoms with Crippen molar-refractivity contribution in [2.75, 3.05) is 25.2 Å². The Labute approximate surface area is 236 Å². The number of amides is 1. The minimum atomic E-state index is -1.17. The van der Waals surface area contributed by atoms with Crippen LogP contribution in [0.3, 0.4) is 0 Å². The van der Waals surface area contributed by atoms with Gasteiger partial charge >= 0.3 is 11.9 Å². The predicted molar refractivity (Wildman–Crippen MR) is 148 cm³/mol. The van der Waals surface area contributed by atoms with Gasteiger partial charge in [0, 0.05) is 5.56 Å². The van der Waals surface area contributed by atoms with Crippen LogP contribution in [0.25, 0.3) is 5.76 Å². The van der Waals surface area contributed by atoms with E-state index < -0.39 is 29.5 Å². The first kappa shape index (κ1) is 28.1. The number of carbonyl (C=O) groups excluding carboxylic acids is 3. The maximum Gasteiger partial charge on any atom is 0.350 e. The standard InChI is InChI=1S/C27H25BrN2O8S/c1-5-37-16-9-7-8-14(10-16)21(31)19-20(15-11-17(28)22(32)18(12-15)36-4)30(25(34)23(19)33)27-29-13(3)24(39-27)26(35)38-6-2/h7-12,20,31-32H,5-6H2,1-4H3. The Bertz CT molecular complexity index is 1500. The van der Waals surface area contributed by atoms with Crippen molar-refractivity contribution in [3.8, 4) is 17.2 Å². The average molecular weight is 617 g/mol. The Kier molecular flexibility index (Phi) is 8.26. The van der Waals surface area contributed by atoms with Gasteiger partial charge in [0.15, 0.2) is 16.6 Å².